The second-order valence-electron chi connectivity index (χ2n) is 6.30. The van der Waals surface area contributed by atoms with Crippen LogP contribution in [-0.2, 0) is 17.7 Å². The number of thiophene rings is 1. The molecule has 0 fully saturated rings. The molecule has 0 radical (unpaired) electrons. The summed E-state index contributed by atoms with van der Waals surface area (Å²) in [6.45, 7) is 2.82. The monoisotopic (exact) mass is 371 g/mol. The summed E-state index contributed by atoms with van der Waals surface area (Å²) in [5.41, 5.74) is 3.89. The molecule has 7 nitrogen and oxygen atoms in total. The number of hydrogen-bond donors (Lipinski definition) is 2. The number of esters is 1. The van der Waals surface area contributed by atoms with E-state index in [2.05, 4.69) is 16.0 Å². The first-order valence-electron chi connectivity index (χ1n) is 8.14. The average molecular weight is 371 g/mol. The quantitative estimate of drug-likeness (QED) is 0.673. The number of methoxy groups -OCH3 is 1. The summed E-state index contributed by atoms with van der Waals surface area (Å²) in [7, 11) is 1.35. The van der Waals surface area contributed by atoms with Crippen LogP contribution in [0.5, 0.6) is 0 Å². The molecule has 0 unspecified atom stereocenters. The number of aryl methyl sites for hydroxylation is 1. The highest BCUT2D eigenvalue weighted by molar-refractivity contribution is 7.15. The lowest BCUT2D eigenvalue weighted by Gasteiger charge is -2.23. The number of rotatable bonds is 2. The first kappa shape index (κ1) is 16.6. The van der Waals surface area contributed by atoms with E-state index in [1.54, 1.807) is 6.07 Å². The predicted octanol–water partition coefficient (Wildman–Crippen LogP) is 3.42. The van der Waals surface area contributed by atoms with E-state index in [0.717, 1.165) is 26.4 Å². The molecule has 0 saturated carbocycles. The largest absolute Gasteiger partial charge is 0.465 e. The zero-order valence-electron chi connectivity index (χ0n) is 14.3. The second-order valence-corrected chi connectivity index (χ2v) is 7.44. The number of hydrogen-bond acceptors (Lipinski definition) is 5. The Labute approximate surface area is 153 Å². The number of H-pyrrole nitrogens is 1. The lowest BCUT2D eigenvalue weighted by Crippen LogP contribution is -2.33. The highest BCUT2D eigenvalue weighted by atomic mass is 32.1. The molecule has 8 heteroatoms. The van der Waals surface area contributed by atoms with Crippen molar-refractivity contribution in [2.45, 2.75) is 19.9 Å². The van der Waals surface area contributed by atoms with Gasteiger partial charge in [0.1, 0.15) is 11.3 Å². The Morgan fingerprint density at radius 1 is 1.35 bits per heavy atom. The van der Waals surface area contributed by atoms with Crippen molar-refractivity contribution in [3.63, 3.8) is 0 Å². The highest BCUT2D eigenvalue weighted by Gasteiger charge is 2.24. The Hall–Kier alpha value is -2.87. The molecule has 2 aromatic heterocycles. The molecule has 1 amide bonds. The summed E-state index contributed by atoms with van der Waals surface area (Å²) in [5, 5.41) is 9.18. The van der Waals surface area contributed by atoms with Crippen LogP contribution in [0.4, 0.5) is 4.79 Å². The summed E-state index contributed by atoms with van der Waals surface area (Å²) in [4.78, 5) is 34.5. The predicted molar refractivity (Wildman–Crippen MR) is 97.6 cm³/mol. The van der Waals surface area contributed by atoms with E-state index < -0.39 is 12.1 Å². The van der Waals surface area contributed by atoms with Gasteiger partial charge in [0.25, 0.3) is 0 Å². The lowest BCUT2D eigenvalue weighted by atomic mass is 10.1. The number of nitrogens with one attached hydrogen (secondary N) is 1. The molecule has 0 spiro atoms. The summed E-state index contributed by atoms with van der Waals surface area (Å²) in [6.07, 6.45) is -0.197. The van der Waals surface area contributed by atoms with Crippen molar-refractivity contribution >= 4 is 34.4 Å². The van der Waals surface area contributed by atoms with Gasteiger partial charge in [-0.25, -0.2) is 14.6 Å². The zero-order valence-corrected chi connectivity index (χ0v) is 15.1. The Balaban J connectivity index is 1.77. The van der Waals surface area contributed by atoms with Gasteiger partial charge in [-0.2, -0.15) is 0 Å². The first-order valence-corrected chi connectivity index (χ1v) is 8.96. The number of ether oxygens (including phenoxy) is 1. The summed E-state index contributed by atoms with van der Waals surface area (Å²) in [6, 6.07) is 5.77. The maximum atomic E-state index is 12.0. The van der Waals surface area contributed by atoms with Gasteiger partial charge in [0.15, 0.2) is 0 Å². The first-order chi connectivity index (χ1) is 12.5. The Morgan fingerprint density at radius 2 is 2.15 bits per heavy atom. The van der Waals surface area contributed by atoms with Crippen molar-refractivity contribution in [2.24, 2.45) is 0 Å². The SMILES string of the molecule is COC(=O)c1cc(C)cc2[nH]c(-c3cc4c(s3)CN(C(=O)O)CC4)nc12. The maximum Gasteiger partial charge on any atom is 0.407 e. The number of imidazole rings is 1. The Morgan fingerprint density at radius 3 is 2.88 bits per heavy atom. The number of aromatic nitrogens is 2. The fraction of sp³-hybridized carbons (Fsp3) is 0.278. The Kier molecular flexibility index (Phi) is 3.91. The number of carbonyl (C=O) groups is 2. The van der Waals surface area contributed by atoms with E-state index >= 15 is 0 Å². The molecule has 26 heavy (non-hydrogen) atoms. The molecule has 3 heterocycles. The minimum atomic E-state index is -0.896. The number of nitrogens with zero attached hydrogens (tertiary/aromatic N) is 2. The van der Waals surface area contributed by atoms with Gasteiger partial charge >= 0.3 is 12.1 Å². The maximum absolute atomic E-state index is 12.0. The van der Waals surface area contributed by atoms with E-state index in [4.69, 9.17) is 4.74 Å². The summed E-state index contributed by atoms with van der Waals surface area (Å²) < 4.78 is 4.86. The minimum absolute atomic E-state index is 0.405. The van der Waals surface area contributed by atoms with Crippen molar-refractivity contribution in [3.8, 4) is 10.7 Å². The average Bonchev–Trinajstić information content (AvgIpc) is 3.22. The van der Waals surface area contributed by atoms with E-state index in [-0.39, 0.29) is 0 Å². The standard InChI is InChI=1S/C18H17N3O4S/c1-9-5-11(17(22)25-2)15-12(6-9)19-16(20-15)13-7-10-3-4-21(18(23)24)8-14(10)26-13/h5-7H,3-4,8H2,1-2H3,(H,19,20)(H,23,24). The second kappa shape index (κ2) is 6.14. The summed E-state index contributed by atoms with van der Waals surface area (Å²) in [5.74, 6) is 0.261. The molecule has 1 aliphatic rings. The minimum Gasteiger partial charge on any atom is -0.465 e. The van der Waals surface area contributed by atoms with E-state index in [1.165, 1.54) is 23.3 Å². The third-order valence-electron chi connectivity index (χ3n) is 4.52. The van der Waals surface area contributed by atoms with Gasteiger partial charge in [0.2, 0.25) is 0 Å². The molecule has 0 aliphatic carbocycles. The molecule has 4 rings (SSSR count). The van der Waals surface area contributed by atoms with Crippen LogP contribution in [0.2, 0.25) is 0 Å². The number of fused-ring (bicyclic) bond motifs is 2. The zero-order chi connectivity index (χ0) is 18.4. The van der Waals surface area contributed by atoms with Gasteiger partial charge in [-0.1, -0.05) is 0 Å². The number of carboxylic acid groups (broad SMARTS) is 1. The van der Waals surface area contributed by atoms with Crippen LogP contribution < -0.4 is 0 Å². The molecule has 0 atom stereocenters. The molecular formula is C18H17N3O4S. The van der Waals surface area contributed by atoms with Crippen LogP contribution in [0, 0.1) is 6.92 Å². The third-order valence-corrected chi connectivity index (χ3v) is 5.69. The fourth-order valence-electron chi connectivity index (χ4n) is 3.24. The van der Waals surface area contributed by atoms with Crippen LogP contribution >= 0.6 is 11.3 Å². The molecule has 1 aromatic carbocycles. The lowest BCUT2D eigenvalue weighted by molar-refractivity contribution is 0.0602. The van der Waals surface area contributed by atoms with Gasteiger partial charge in [0, 0.05) is 11.4 Å². The molecule has 134 valence electrons. The molecule has 0 saturated heterocycles. The van der Waals surface area contributed by atoms with Crippen LogP contribution in [0.3, 0.4) is 0 Å². The van der Waals surface area contributed by atoms with Gasteiger partial charge in [-0.3, -0.25) is 0 Å². The normalized spacial score (nSPS) is 13.7. The van der Waals surface area contributed by atoms with E-state index in [1.807, 2.05) is 13.0 Å². The van der Waals surface area contributed by atoms with Crippen molar-refractivity contribution in [3.05, 3.63) is 39.8 Å². The van der Waals surface area contributed by atoms with Crippen LogP contribution in [0.25, 0.3) is 21.7 Å². The summed E-state index contributed by atoms with van der Waals surface area (Å²) >= 11 is 1.53. The van der Waals surface area contributed by atoms with Crippen LogP contribution in [-0.4, -0.2) is 45.7 Å². The molecule has 0 bridgehead atoms. The van der Waals surface area contributed by atoms with Crippen LogP contribution in [0.15, 0.2) is 18.2 Å². The number of benzene rings is 1. The van der Waals surface area contributed by atoms with Gasteiger partial charge in [0.05, 0.1) is 29.6 Å². The molecule has 3 aromatic rings. The van der Waals surface area contributed by atoms with Gasteiger partial charge in [-0.15, -0.1) is 11.3 Å². The van der Waals surface area contributed by atoms with Crippen LogP contribution in [0.1, 0.15) is 26.4 Å². The molecule has 2 N–H and O–H groups in total. The van der Waals surface area contributed by atoms with Crippen molar-refractivity contribution in [2.75, 3.05) is 13.7 Å². The Bertz CT molecular complexity index is 1040. The van der Waals surface area contributed by atoms with Gasteiger partial charge in [-0.05, 0) is 42.7 Å². The van der Waals surface area contributed by atoms with Crippen molar-refractivity contribution in [1.82, 2.24) is 14.9 Å². The molecular weight excluding hydrogens is 354 g/mol. The smallest absolute Gasteiger partial charge is 0.407 e. The number of aromatic amines is 1. The van der Waals surface area contributed by atoms with E-state index in [9.17, 15) is 14.7 Å². The van der Waals surface area contributed by atoms with E-state index in [0.29, 0.717) is 36.4 Å². The third kappa shape index (κ3) is 2.72. The van der Waals surface area contributed by atoms with Crippen molar-refractivity contribution in [1.29, 1.82) is 0 Å². The molecule has 1 aliphatic heterocycles. The highest BCUT2D eigenvalue weighted by Crippen LogP contribution is 2.35. The number of carbonyl (C=O) groups excluding carboxylic acids is 1. The van der Waals surface area contributed by atoms with Crippen molar-refractivity contribution < 1.29 is 19.4 Å². The number of amides is 1. The van der Waals surface area contributed by atoms with Gasteiger partial charge < -0.3 is 19.7 Å². The fourth-order valence-corrected chi connectivity index (χ4v) is 4.42. The topological polar surface area (TPSA) is 95.5 Å².